The molecule has 0 bridgehead atoms. The molecule has 3 nitrogen and oxygen atoms in total. The molecule has 0 fully saturated rings. The lowest BCUT2D eigenvalue weighted by Gasteiger charge is -2.22. The van der Waals surface area contributed by atoms with Crippen molar-refractivity contribution in [3.05, 3.63) is 199 Å². The molecule has 0 saturated carbocycles. The van der Waals surface area contributed by atoms with Gasteiger partial charge in [0.2, 0.25) is 0 Å². The van der Waals surface area contributed by atoms with Gasteiger partial charge in [0.25, 0.3) is 0 Å². The smallest absolute Gasteiger partial charge is 0.164 e. The predicted octanol–water partition coefficient (Wildman–Crippen LogP) is 13.3. The second-order valence-corrected chi connectivity index (χ2v) is 15.2. The molecule has 3 heteroatoms. The largest absolute Gasteiger partial charge is 0.208 e. The summed E-state index contributed by atoms with van der Waals surface area (Å²) in [4.78, 5) is 15.7. The molecule has 0 amide bonds. The van der Waals surface area contributed by atoms with E-state index in [4.69, 9.17) is 15.0 Å². The summed E-state index contributed by atoms with van der Waals surface area (Å²) < 4.78 is 0. The lowest BCUT2D eigenvalue weighted by molar-refractivity contribution is 0.660. The molecule has 7 aromatic carbocycles. The van der Waals surface area contributed by atoms with Crippen molar-refractivity contribution in [2.75, 3.05) is 0 Å². The van der Waals surface area contributed by atoms with Gasteiger partial charge in [0.15, 0.2) is 17.5 Å². The lowest BCUT2D eigenvalue weighted by atomic mass is 9.81. The predicted molar refractivity (Wildman–Crippen MR) is 228 cm³/mol. The Hall–Kier alpha value is -6.71. The summed E-state index contributed by atoms with van der Waals surface area (Å²) in [5.74, 6) is 2.29. The second kappa shape index (κ2) is 13.3. The van der Waals surface area contributed by atoms with E-state index in [0.717, 1.165) is 45.0 Å². The monoisotopic (exact) mass is 705 g/mol. The van der Waals surface area contributed by atoms with Gasteiger partial charge in [-0.05, 0) is 91.5 Å². The lowest BCUT2D eigenvalue weighted by Crippen LogP contribution is -2.14. The molecule has 0 spiro atoms. The van der Waals surface area contributed by atoms with Crippen molar-refractivity contribution >= 4 is 10.8 Å². The summed E-state index contributed by atoms with van der Waals surface area (Å²) in [5, 5.41) is 2.25. The molecule has 1 aromatic heterocycles. The highest BCUT2D eigenvalue weighted by Crippen LogP contribution is 2.49. The van der Waals surface area contributed by atoms with Crippen molar-refractivity contribution in [2.45, 2.75) is 31.6 Å². The zero-order valence-electron chi connectivity index (χ0n) is 30.9. The van der Waals surface area contributed by atoms with E-state index < -0.39 is 0 Å². The highest BCUT2D eigenvalue weighted by atomic mass is 15.0. The second-order valence-electron chi connectivity index (χ2n) is 15.2. The van der Waals surface area contributed by atoms with Crippen molar-refractivity contribution in [1.82, 2.24) is 15.0 Å². The van der Waals surface area contributed by atoms with Crippen LogP contribution in [0, 0.1) is 0 Å². The molecule has 0 aliphatic heterocycles. The summed E-state index contributed by atoms with van der Waals surface area (Å²) in [6, 6.07) is 56.6. The number of nitrogens with zero attached hydrogens (tertiary/aromatic N) is 3. The number of fused-ring (bicyclic) bond motifs is 4. The van der Waals surface area contributed by atoms with Crippen molar-refractivity contribution in [3.63, 3.8) is 0 Å². The van der Waals surface area contributed by atoms with Crippen LogP contribution in [0.5, 0.6) is 0 Å². The van der Waals surface area contributed by atoms with Crippen molar-refractivity contribution in [2.24, 2.45) is 0 Å². The van der Waals surface area contributed by atoms with Crippen LogP contribution < -0.4 is 0 Å². The van der Waals surface area contributed by atoms with Gasteiger partial charge < -0.3 is 0 Å². The number of rotatable bonds is 6. The Bertz CT molecular complexity index is 2830. The molecule has 262 valence electrons. The number of hydrogen-bond acceptors (Lipinski definition) is 3. The zero-order valence-corrected chi connectivity index (χ0v) is 30.9. The van der Waals surface area contributed by atoms with Crippen molar-refractivity contribution in [1.29, 1.82) is 0 Å². The van der Waals surface area contributed by atoms with Gasteiger partial charge in [-0.25, -0.2) is 15.0 Å². The normalized spacial score (nSPS) is 15.2. The van der Waals surface area contributed by atoms with Crippen LogP contribution in [0.25, 0.3) is 78.3 Å². The van der Waals surface area contributed by atoms with E-state index in [1.807, 2.05) is 6.07 Å². The van der Waals surface area contributed by atoms with Crippen LogP contribution in [0.1, 0.15) is 42.9 Å². The van der Waals surface area contributed by atoms with E-state index >= 15 is 0 Å². The Morgan fingerprint density at radius 2 is 1.09 bits per heavy atom. The molecular formula is C52H39N3. The Kier molecular flexibility index (Phi) is 7.96. The van der Waals surface area contributed by atoms with Gasteiger partial charge in [0.1, 0.15) is 0 Å². The molecular weight excluding hydrogens is 667 g/mol. The first kappa shape index (κ1) is 32.9. The summed E-state index contributed by atoms with van der Waals surface area (Å²) in [7, 11) is 0. The van der Waals surface area contributed by atoms with E-state index in [-0.39, 0.29) is 5.41 Å². The maximum absolute atomic E-state index is 5.25. The summed E-state index contributed by atoms with van der Waals surface area (Å²) in [6.07, 6.45) is 9.73. The molecule has 10 rings (SSSR count). The third-order valence-corrected chi connectivity index (χ3v) is 11.5. The van der Waals surface area contributed by atoms with Gasteiger partial charge in [-0.2, -0.15) is 0 Å². The van der Waals surface area contributed by atoms with E-state index in [9.17, 15) is 0 Å². The minimum atomic E-state index is -0.0687. The summed E-state index contributed by atoms with van der Waals surface area (Å²) >= 11 is 0. The van der Waals surface area contributed by atoms with Crippen LogP contribution in [-0.4, -0.2) is 15.0 Å². The Morgan fingerprint density at radius 3 is 1.93 bits per heavy atom. The van der Waals surface area contributed by atoms with Crippen molar-refractivity contribution < 1.29 is 0 Å². The first-order valence-corrected chi connectivity index (χ1v) is 19.1. The number of hydrogen-bond donors (Lipinski definition) is 0. The van der Waals surface area contributed by atoms with Crippen LogP contribution in [-0.2, 0) is 5.41 Å². The number of allylic oxidation sites excluding steroid dienone is 4. The van der Waals surface area contributed by atoms with Crippen LogP contribution in [0.4, 0.5) is 0 Å². The van der Waals surface area contributed by atoms with Gasteiger partial charge in [-0.3, -0.25) is 0 Å². The minimum absolute atomic E-state index is 0.0687. The molecule has 1 atom stereocenters. The van der Waals surface area contributed by atoms with Gasteiger partial charge in [0.05, 0.1) is 0 Å². The topological polar surface area (TPSA) is 38.7 Å². The molecule has 2 aliphatic rings. The molecule has 0 radical (unpaired) electrons. The molecule has 1 heterocycles. The minimum Gasteiger partial charge on any atom is -0.208 e. The number of aromatic nitrogens is 3. The highest BCUT2D eigenvalue weighted by molar-refractivity contribution is 5.98. The summed E-state index contributed by atoms with van der Waals surface area (Å²) in [5.41, 5.74) is 14.2. The van der Waals surface area contributed by atoms with Crippen LogP contribution >= 0.6 is 0 Å². The fraction of sp³-hybridized carbons (Fsp3) is 0.0962. The third kappa shape index (κ3) is 5.89. The fourth-order valence-electron chi connectivity index (χ4n) is 8.49. The standard InChI is InChI=1S/C52H39N3/c1-52(2)47-25-10-9-23-43(47)44-29-28-40(33-48(44)52)39-27-26-36-18-13-24-45(46(36)32-39)51-54-49(41-21-11-19-37(30-41)34-14-5-3-6-15-34)53-50(55-51)42-22-12-20-38(31-42)35-16-7-4-8-17-35/h3-16,18-33,35H,17H2,1-2H3. The quantitative estimate of drug-likeness (QED) is 0.173. The average Bonchev–Trinajstić information content (AvgIpc) is 3.49. The third-order valence-electron chi connectivity index (χ3n) is 11.5. The molecule has 0 N–H and O–H groups in total. The molecule has 1 unspecified atom stereocenters. The SMILES string of the molecule is CC1(C)c2ccccc2-c2ccc(-c3ccc4cccc(-c5nc(-c6cccc(-c7ccccc7)c6)nc(-c6cccc(C7C=CC=CC7)c6)n5)c4c3)cc21. The molecule has 8 aromatic rings. The Balaban J connectivity index is 1.12. The maximum Gasteiger partial charge on any atom is 0.164 e. The van der Waals surface area contributed by atoms with E-state index in [0.29, 0.717) is 23.4 Å². The van der Waals surface area contributed by atoms with E-state index in [1.54, 1.807) is 0 Å². The fourth-order valence-corrected chi connectivity index (χ4v) is 8.49. The van der Waals surface area contributed by atoms with Gasteiger partial charge in [0, 0.05) is 28.0 Å². The van der Waals surface area contributed by atoms with Gasteiger partial charge >= 0.3 is 0 Å². The van der Waals surface area contributed by atoms with Crippen LogP contribution in [0.15, 0.2) is 182 Å². The first-order valence-electron chi connectivity index (χ1n) is 19.1. The molecule has 55 heavy (non-hydrogen) atoms. The maximum atomic E-state index is 5.25. The van der Waals surface area contributed by atoms with Crippen molar-refractivity contribution in [3.8, 4) is 67.5 Å². The zero-order chi connectivity index (χ0) is 36.9. The Morgan fingerprint density at radius 1 is 0.455 bits per heavy atom. The van der Waals surface area contributed by atoms with E-state index in [2.05, 4.69) is 190 Å². The van der Waals surface area contributed by atoms with Gasteiger partial charge in [-0.15, -0.1) is 0 Å². The average molecular weight is 706 g/mol. The number of benzene rings is 7. The highest BCUT2D eigenvalue weighted by Gasteiger charge is 2.35. The van der Waals surface area contributed by atoms with E-state index in [1.165, 1.54) is 38.9 Å². The van der Waals surface area contributed by atoms with Crippen LogP contribution in [0.2, 0.25) is 0 Å². The van der Waals surface area contributed by atoms with Crippen LogP contribution in [0.3, 0.4) is 0 Å². The summed E-state index contributed by atoms with van der Waals surface area (Å²) in [6.45, 7) is 4.67. The molecule has 2 aliphatic carbocycles. The molecule has 0 saturated heterocycles. The first-order chi connectivity index (χ1) is 27.0. The Labute approximate surface area is 322 Å². The van der Waals surface area contributed by atoms with Gasteiger partial charge in [-0.1, -0.05) is 172 Å².